The van der Waals surface area contributed by atoms with E-state index >= 15 is 0 Å². The van der Waals surface area contributed by atoms with Crippen molar-refractivity contribution < 1.29 is 4.74 Å². The molecular formula is C12H23ClO. The predicted molar refractivity (Wildman–Crippen MR) is 61.9 cm³/mol. The number of hydrogen-bond acceptors (Lipinski definition) is 1. The van der Waals surface area contributed by atoms with Crippen molar-refractivity contribution in [3.63, 3.8) is 0 Å². The first kappa shape index (κ1) is 12.3. The molecule has 2 atom stereocenters. The average molecular weight is 219 g/mol. The molecule has 0 aliphatic carbocycles. The molecule has 0 radical (unpaired) electrons. The molecule has 1 rings (SSSR count). The molecule has 1 saturated heterocycles. The maximum Gasteiger partial charge on any atom is 0.0576 e. The molecule has 0 aromatic rings. The van der Waals surface area contributed by atoms with Gasteiger partial charge < -0.3 is 4.74 Å². The predicted octanol–water partition coefficient (Wildman–Crippen LogP) is 3.99. The third kappa shape index (κ3) is 5.21. The molecule has 2 unspecified atom stereocenters. The normalized spacial score (nSPS) is 24.4. The maximum absolute atomic E-state index is 6.22. The quantitative estimate of drug-likeness (QED) is 0.613. The lowest BCUT2D eigenvalue weighted by atomic mass is 10.0. The van der Waals surface area contributed by atoms with Crippen molar-refractivity contribution in [2.45, 2.75) is 63.9 Å². The van der Waals surface area contributed by atoms with Gasteiger partial charge >= 0.3 is 0 Å². The molecule has 14 heavy (non-hydrogen) atoms. The molecule has 2 heteroatoms. The third-order valence-electron chi connectivity index (χ3n) is 2.79. The summed E-state index contributed by atoms with van der Waals surface area (Å²) in [4.78, 5) is 0. The van der Waals surface area contributed by atoms with E-state index in [-0.39, 0.29) is 0 Å². The lowest BCUT2D eigenvalue weighted by molar-refractivity contribution is 0.102. The van der Waals surface area contributed by atoms with Gasteiger partial charge in [0.15, 0.2) is 0 Å². The van der Waals surface area contributed by atoms with Crippen molar-refractivity contribution in [1.82, 2.24) is 0 Å². The van der Waals surface area contributed by atoms with Crippen LogP contribution >= 0.6 is 11.6 Å². The van der Waals surface area contributed by atoms with Gasteiger partial charge in [-0.15, -0.1) is 11.6 Å². The molecule has 1 fully saturated rings. The van der Waals surface area contributed by atoms with E-state index in [4.69, 9.17) is 16.3 Å². The topological polar surface area (TPSA) is 9.23 Å². The monoisotopic (exact) mass is 218 g/mol. The van der Waals surface area contributed by atoms with E-state index < -0.39 is 0 Å². The number of ether oxygens (including phenoxy) is 1. The Kier molecular flexibility index (Phi) is 5.88. The van der Waals surface area contributed by atoms with E-state index in [0.717, 1.165) is 25.4 Å². The van der Waals surface area contributed by atoms with Gasteiger partial charge in [0, 0.05) is 12.0 Å². The lowest BCUT2D eigenvalue weighted by Crippen LogP contribution is -2.08. The maximum atomic E-state index is 6.22. The molecule has 1 aliphatic rings. The minimum absolute atomic E-state index is 0.372. The van der Waals surface area contributed by atoms with Gasteiger partial charge in [-0.2, -0.15) is 0 Å². The minimum Gasteiger partial charge on any atom is -0.378 e. The summed E-state index contributed by atoms with van der Waals surface area (Å²) >= 11 is 6.22. The Bertz CT molecular complexity index is 141. The van der Waals surface area contributed by atoms with Crippen LogP contribution in [0.4, 0.5) is 0 Å². The van der Waals surface area contributed by atoms with Crippen LogP contribution in [0.15, 0.2) is 0 Å². The van der Waals surface area contributed by atoms with Crippen LogP contribution in [-0.2, 0) is 4.74 Å². The fourth-order valence-electron chi connectivity index (χ4n) is 2.07. The Balaban J connectivity index is 1.96. The summed E-state index contributed by atoms with van der Waals surface area (Å²) in [5, 5.41) is 0.372. The van der Waals surface area contributed by atoms with Crippen molar-refractivity contribution in [2.24, 2.45) is 5.92 Å². The van der Waals surface area contributed by atoms with Crippen LogP contribution in [0.2, 0.25) is 0 Å². The summed E-state index contributed by atoms with van der Waals surface area (Å²) in [6.45, 7) is 5.44. The molecule has 1 aliphatic heterocycles. The molecule has 1 heterocycles. The molecule has 0 spiro atoms. The van der Waals surface area contributed by atoms with Gasteiger partial charge in [0.2, 0.25) is 0 Å². The molecule has 0 amide bonds. The highest BCUT2D eigenvalue weighted by Crippen LogP contribution is 2.21. The van der Waals surface area contributed by atoms with Crippen molar-refractivity contribution in [3.05, 3.63) is 0 Å². The van der Waals surface area contributed by atoms with Gasteiger partial charge in [-0.25, -0.2) is 0 Å². The van der Waals surface area contributed by atoms with Crippen molar-refractivity contribution in [1.29, 1.82) is 0 Å². The van der Waals surface area contributed by atoms with Crippen LogP contribution in [0.25, 0.3) is 0 Å². The first-order chi connectivity index (χ1) is 6.68. The highest BCUT2D eigenvalue weighted by Gasteiger charge is 2.15. The van der Waals surface area contributed by atoms with Crippen LogP contribution < -0.4 is 0 Å². The highest BCUT2D eigenvalue weighted by atomic mass is 35.5. The Morgan fingerprint density at radius 1 is 1.43 bits per heavy atom. The summed E-state index contributed by atoms with van der Waals surface area (Å²) in [6.07, 6.45) is 7.79. The van der Waals surface area contributed by atoms with Crippen molar-refractivity contribution in [3.8, 4) is 0 Å². The molecular weight excluding hydrogens is 196 g/mol. The fraction of sp³-hybridized carbons (Fsp3) is 1.00. The average Bonchev–Trinajstić information content (AvgIpc) is 2.55. The van der Waals surface area contributed by atoms with E-state index in [1.54, 1.807) is 0 Å². The second kappa shape index (κ2) is 6.68. The van der Waals surface area contributed by atoms with Crippen LogP contribution in [-0.4, -0.2) is 18.1 Å². The summed E-state index contributed by atoms with van der Waals surface area (Å²) in [7, 11) is 0. The first-order valence-electron chi connectivity index (χ1n) is 5.94. The fourth-order valence-corrected chi connectivity index (χ4v) is 2.58. The zero-order valence-electron chi connectivity index (χ0n) is 9.47. The van der Waals surface area contributed by atoms with E-state index in [2.05, 4.69) is 13.8 Å². The molecule has 0 aromatic heterocycles. The molecule has 0 aromatic carbocycles. The lowest BCUT2D eigenvalue weighted by Gasteiger charge is -2.13. The Labute approximate surface area is 93.2 Å². The Morgan fingerprint density at radius 2 is 2.21 bits per heavy atom. The number of halogens is 1. The molecule has 1 nitrogen and oxygen atoms in total. The Morgan fingerprint density at radius 3 is 2.79 bits per heavy atom. The number of alkyl halides is 1. The van der Waals surface area contributed by atoms with Crippen molar-refractivity contribution in [2.75, 3.05) is 6.61 Å². The second-order valence-electron chi connectivity index (χ2n) is 4.79. The highest BCUT2D eigenvalue weighted by molar-refractivity contribution is 6.20. The largest absolute Gasteiger partial charge is 0.378 e. The molecule has 0 N–H and O–H groups in total. The van der Waals surface area contributed by atoms with E-state index in [0.29, 0.717) is 11.5 Å². The zero-order chi connectivity index (χ0) is 10.4. The van der Waals surface area contributed by atoms with E-state index in [9.17, 15) is 0 Å². The number of hydrogen-bond donors (Lipinski definition) is 0. The van der Waals surface area contributed by atoms with Gasteiger partial charge in [-0.3, -0.25) is 0 Å². The minimum atomic E-state index is 0.372. The van der Waals surface area contributed by atoms with E-state index in [1.807, 2.05) is 0 Å². The van der Waals surface area contributed by atoms with Crippen LogP contribution in [0.1, 0.15) is 52.4 Å². The second-order valence-corrected chi connectivity index (χ2v) is 5.41. The molecule has 0 bridgehead atoms. The third-order valence-corrected chi connectivity index (χ3v) is 3.19. The van der Waals surface area contributed by atoms with Crippen LogP contribution in [0, 0.1) is 5.92 Å². The van der Waals surface area contributed by atoms with Crippen molar-refractivity contribution >= 4 is 11.6 Å². The van der Waals surface area contributed by atoms with Gasteiger partial charge in [-0.05, 0) is 44.4 Å². The molecule has 0 saturated carbocycles. The van der Waals surface area contributed by atoms with Gasteiger partial charge in [-0.1, -0.05) is 13.8 Å². The van der Waals surface area contributed by atoms with Crippen LogP contribution in [0.3, 0.4) is 0 Å². The SMILES string of the molecule is CC(C)CC(Cl)CCCC1CCCO1. The smallest absolute Gasteiger partial charge is 0.0576 e. The summed E-state index contributed by atoms with van der Waals surface area (Å²) < 4.78 is 5.57. The summed E-state index contributed by atoms with van der Waals surface area (Å²) in [5.74, 6) is 0.722. The van der Waals surface area contributed by atoms with Gasteiger partial charge in [0.25, 0.3) is 0 Å². The van der Waals surface area contributed by atoms with Gasteiger partial charge in [0.05, 0.1) is 6.10 Å². The standard InChI is InChI=1S/C12H23ClO/c1-10(2)9-11(13)5-3-6-12-7-4-8-14-12/h10-12H,3-9H2,1-2H3. The Hall–Kier alpha value is 0.250. The summed E-state index contributed by atoms with van der Waals surface area (Å²) in [5.41, 5.74) is 0. The summed E-state index contributed by atoms with van der Waals surface area (Å²) in [6, 6.07) is 0. The zero-order valence-corrected chi connectivity index (χ0v) is 10.2. The van der Waals surface area contributed by atoms with Gasteiger partial charge in [0.1, 0.15) is 0 Å². The number of rotatable bonds is 6. The van der Waals surface area contributed by atoms with E-state index in [1.165, 1.54) is 25.7 Å². The first-order valence-corrected chi connectivity index (χ1v) is 6.37. The van der Waals surface area contributed by atoms with Crippen LogP contribution in [0.5, 0.6) is 0 Å². The molecule has 84 valence electrons.